The van der Waals surface area contributed by atoms with Crippen LogP contribution in [0.25, 0.3) is 0 Å². The Balaban J connectivity index is 2.24. The molecule has 0 unspecified atom stereocenters. The molecule has 0 atom stereocenters. The summed E-state index contributed by atoms with van der Waals surface area (Å²) in [5, 5.41) is 9.34. The van der Waals surface area contributed by atoms with Crippen molar-refractivity contribution in [2.75, 3.05) is 13.2 Å². The number of aliphatic imine (C=N–C) groups is 1. The van der Waals surface area contributed by atoms with Gasteiger partial charge in [-0.25, -0.2) is 4.79 Å². The third kappa shape index (κ3) is 4.99. The van der Waals surface area contributed by atoms with Crippen LogP contribution in [0.2, 0.25) is 5.02 Å². The molecule has 126 valence electrons. The van der Waals surface area contributed by atoms with E-state index in [1.165, 1.54) is 0 Å². The maximum Gasteiger partial charge on any atom is 0.341 e. The van der Waals surface area contributed by atoms with Gasteiger partial charge in [0.05, 0.1) is 12.3 Å². The molecule has 0 radical (unpaired) electrons. The minimum Gasteiger partial charge on any atom is -0.490 e. The molecule has 24 heavy (non-hydrogen) atoms. The van der Waals surface area contributed by atoms with Crippen LogP contribution in [0.4, 0.5) is 5.69 Å². The summed E-state index contributed by atoms with van der Waals surface area (Å²) in [4.78, 5) is 15.1. The first-order valence-corrected chi connectivity index (χ1v) is 7.79. The lowest BCUT2D eigenvalue weighted by atomic mass is 10.2. The van der Waals surface area contributed by atoms with Crippen LogP contribution in [0.1, 0.15) is 18.1 Å². The van der Waals surface area contributed by atoms with E-state index in [9.17, 15) is 4.79 Å². The number of carboxylic acids is 1. The van der Waals surface area contributed by atoms with Gasteiger partial charge < -0.3 is 14.6 Å². The lowest BCUT2D eigenvalue weighted by Crippen LogP contribution is -2.10. The number of rotatable bonds is 7. The van der Waals surface area contributed by atoms with Gasteiger partial charge in [-0.1, -0.05) is 17.7 Å². The van der Waals surface area contributed by atoms with Crippen molar-refractivity contribution in [1.82, 2.24) is 0 Å². The average Bonchev–Trinajstić information content (AvgIpc) is 2.55. The Hall–Kier alpha value is -2.53. The Morgan fingerprint density at radius 1 is 1.21 bits per heavy atom. The van der Waals surface area contributed by atoms with Gasteiger partial charge in [0.2, 0.25) is 0 Å². The van der Waals surface area contributed by atoms with Gasteiger partial charge in [-0.05, 0) is 55.3 Å². The van der Waals surface area contributed by atoms with E-state index >= 15 is 0 Å². The summed E-state index contributed by atoms with van der Waals surface area (Å²) in [5.74, 6) is -0.180. The fraction of sp³-hybridized carbons (Fsp3) is 0.222. The van der Waals surface area contributed by atoms with E-state index in [2.05, 4.69) is 4.99 Å². The molecular weight excluding hydrogens is 330 g/mol. The summed E-state index contributed by atoms with van der Waals surface area (Å²) in [6, 6.07) is 10.7. The topological polar surface area (TPSA) is 68.1 Å². The number of carboxylic acid groups (broad SMARTS) is 1. The maximum atomic E-state index is 10.6. The number of hydrogen-bond donors (Lipinski definition) is 1. The number of halogens is 1. The zero-order chi connectivity index (χ0) is 17.5. The summed E-state index contributed by atoms with van der Waals surface area (Å²) in [6.07, 6.45) is 1.70. The van der Waals surface area contributed by atoms with Crippen LogP contribution in [0.3, 0.4) is 0 Å². The normalized spacial score (nSPS) is 10.8. The van der Waals surface area contributed by atoms with Gasteiger partial charge in [-0.3, -0.25) is 4.99 Å². The Morgan fingerprint density at radius 3 is 2.71 bits per heavy atom. The summed E-state index contributed by atoms with van der Waals surface area (Å²) in [7, 11) is 0. The molecule has 5 nitrogen and oxygen atoms in total. The van der Waals surface area contributed by atoms with Crippen molar-refractivity contribution in [3.05, 3.63) is 52.5 Å². The van der Waals surface area contributed by atoms with Gasteiger partial charge in [-0.15, -0.1) is 0 Å². The van der Waals surface area contributed by atoms with Crippen LogP contribution in [-0.2, 0) is 4.79 Å². The largest absolute Gasteiger partial charge is 0.490 e. The van der Waals surface area contributed by atoms with E-state index in [1.54, 1.807) is 30.5 Å². The molecular formula is C18H18ClNO4. The summed E-state index contributed by atoms with van der Waals surface area (Å²) < 4.78 is 10.7. The number of aliphatic carboxylic acids is 1. The lowest BCUT2D eigenvalue weighted by Gasteiger charge is -2.11. The minimum atomic E-state index is -1.04. The predicted molar refractivity (Wildman–Crippen MR) is 94.2 cm³/mol. The van der Waals surface area contributed by atoms with Gasteiger partial charge in [0.15, 0.2) is 18.1 Å². The van der Waals surface area contributed by atoms with Crippen molar-refractivity contribution < 1.29 is 19.4 Å². The van der Waals surface area contributed by atoms with Crippen LogP contribution in [0.5, 0.6) is 11.5 Å². The molecule has 0 amide bonds. The van der Waals surface area contributed by atoms with Crippen molar-refractivity contribution in [2.24, 2.45) is 4.99 Å². The Labute approximate surface area is 145 Å². The highest BCUT2D eigenvalue weighted by Crippen LogP contribution is 2.29. The van der Waals surface area contributed by atoms with Crippen molar-refractivity contribution in [3.8, 4) is 11.5 Å². The molecule has 0 aliphatic heterocycles. The molecule has 2 aromatic rings. The van der Waals surface area contributed by atoms with Crippen molar-refractivity contribution >= 4 is 29.5 Å². The number of ether oxygens (including phenoxy) is 2. The van der Waals surface area contributed by atoms with E-state index in [0.29, 0.717) is 23.1 Å². The molecule has 0 aliphatic rings. The molecule has 0 fully saturated rings. The van der Waals surface area contributed by atoms with Crippen LogP contribution in [-0.4, -0.2) is 30.5 Å². The fourth-order valence-corrected chi connectivity index (χ4v) is 2.16. The first-order chi connectivity index (χ1) is 11.5. The summed E-state index contributed by atoms with van der Waals surface area (Å²) in [5.41, 5.74) is 2.61. The maximum absolute atomic E-state index is 10.6. The van der Waals surface area contributed by atoms with Gasteiger partial charge in [0, 0.05) is 11.2 Å². The second-order valence-corrected chi connectivity index (χ2v) is 5.45. The molecule has 0 aromatic heterocycles. The van der Waals surface area contributed by atoms with E-state index in [0.717, 1.165) is 16.8 Å². The van der Waals surface area contributed by atoms with Crippen LogP contribution >= 0.6 is 11.6 Å². The highest BCUT2D eigenvalue weighted by atomic mass is 35.5. The highest BCUT2D eigenvalue weighted by Gasteiger charge is 2.08. The van der Waals surface area contributed by atoms with Gasteiger partial charge >= 0.3 is 5.97 Å². The van der Waals surface area contributed by atoms with E-state index in [1.807, 2.05) is 26.0 Å². The predicted octanol–water partition coefficient (Wildman–Crippen LogP) is 4.26. The molecule has 2 aromatic carbocycles. The standard InChI is InChI=1S/C18H18ClNO4/c1-3-23-17-8-13(5-7-16(17)24-11-18(21)22)10-20-15-9-14(19)6-4-12(15)2/h4-10H,3,11H2,1-2H3,(H,21,22). The molecule has 0 spiro atoms. The molecule has 0 bridgehead atoms. The Kier molecular flexibility index (Phi) is 6.21. The zero-order valence-corrected chi connectivity index (χ0v) is 14.2. The number of carbonyl (C=O) groups is 1. The zero-order valence-electron chi connectivity index (χ0n) is 13.5. The Morgan fingerprint density at radius 2 is 2.00 bits per heavy atom. The third-order valence-electron chi connectivity index (χ3n) is 3.14. The lowest BCUT2D eigenvalue weighted by molar-refractivity contribution is -0.139. The Bertz CT molecular complexity index is 759. The number of aryl methyl sites for hydroxylation is 1. The number of nitrogens with zero attached hydrogens (tertiary/aromatic N) is 1. The first-order valence-electron chi connectivity index (χ1n) is 7.41. The van der Waals surface area contributed by atoms with Crippen molar-refractivity contribution in [1.29, 1.82) is 0 Å². The molecule has 0 saturated heterocycles. The van der Waals surface area contributed by atoms with Crippen LogP contribution in [0.15, 0.2) is 41.4 Å². The molecule has 0 saturated carbocycles. The smallest absolute Gasteiger partial charge is 0.341 e. The SMILES string of the molecule is CCOc1cc(C=Nc2cc(Cl)ccc2C)ccc1OCC(=O)O. The quantitative estimate of drug-likeness (QED) is 0.760. The van der Waals surface area contributed by atoms with Gasteiger partial charge in [0.1, 0.15) is 0 Å². The second kappa shape index (κ2) is 8.36. The van der Waals surface area contributed by atoms with E-state index in [4.69, 9.17) is 26.2 Å². The van der Waals surface area contributed by atoms with E-state index < -0.39 is 12.6 Å². The minimum absolute atomic E-state index is 0.385. The third-order valence-corrected chi connectivity index (χ3v) is 3.38. The number of hydrogen-bond acceptors (Lipinski definition) is 4. The summed E-state index contributed by atoms with van der Waals surface area (Å²) in [6.45, 7) is 3.82. The monoisotopic (exact) mass is 347 g/mol. The molecule has 1 N–H and O–H groups in total. The molecule has 0 heterocycles. The highest BCUT2D eigenvalue weighted by molar-refractivity contribution is 6.30. The fourth-order valence-electron chi connectivity index (χ4n) is 2.00. The first kappa shape index (κ1) is 17.8. The molecule has 6 heteroatoms. The summed E-state index contributed by atoms with van der Waals surface area (Å²) >= 11 is 5.99. The molecule has 2 rings (SSSR count). The van der Waals surface area contributed by atoms with Gasteiger partial charge in [-0.2, -0.15) is 0 Å². The van der Waals surface area contributed by atoms with Crippen LogP contribution in [0, 0.1) is 6.92 Å². The average molecular weight is 348 g/mol. The van der Waals surface area contributed by atoms with Crippen molar-refractivity contribution in [2.45, 2.75) is 13.8 Å². The number of benzene rings is 2. The molecule has 0 aliphatic carbocycles. The van der Waals surface area contributed by atoms with Crippen LogP contribution < -0.4 is 9.47 Å². The van der Waals surface area contributed by atoms with E-state index in [-0.39, 0.29) is 0 Å². The second-order valence-electron chi connectivity index (χ2n) is 5.01. The van der Waals surface area contributed by atoms with Gasteiger partial charge in [0.25, 0.3) is 0 Å². The van der Waals surface area contributed by atoms with Crippen molar-refractivity contribution in [3.63, 3.8) is 0 Å².